The van der Waals surface area contributed by atoms with Crippen molar-refractivity contribution in [3.05, 3.63) is 108 Å². The summed E-state index contributed by atoms with van der Waals surface area (Å²) in [5, 5.41) is 21.8. The minimum absolute atomic E-state index is 0.0187. The third-order valence-corrected chi connectivity index (χ3v) is 16.5. The van der Waals surface area contributed by atoms with Crippen LogP contribution in [0.2, 0.25) is 0 Å². The average molecular weight is 811 g/mol. The summed E-state index contributed by atoms with van der Waals surface area (Å²) in [6.07, 6.45) is 12.4. The highest BCUT2D eigenvalue weighted by Crippen LogP contribution is 2.56. The van der Waals surface area contributed by atoms with Gasteiger partial charge >= 0.3 is 7.12 Å². The fraction of sp³-hybridized carbons (Fsp3) is 0.292. The summed E-state index contributed by atoms with van der Waals surface area (Å²) in [4.78, 5) is 3.94. The first kappa shape index (κ1) is 37.8. The number of rotatable bonds is 15. The molecule has 4 aromatic carbocycles. The molecule has 2 N–H and O–H groups in total. The fourth-order valence-corrected chi connectivity index (χ4v) is 13.4. The number of methoxy groups -OCH3 is 1. The van der Waals surface area contributed by atoms with Crippen molar-refractivity contribution in [3.8, 4) is 48.2 Å². The normalized spacial score (nSPS) is 13.2. The first-order chi connectivity index (χ1) is 27.4. The fourth-order valence-electron chi connectivity index (χ4n) is 8.91. The molecule has 8 heteroatoms. The van der Waals surface area contributed by atoms with Crippen LogP contribution in [0.5, 0.6) is 5.75 Å². The lowest BCUT2D eigenvalue weighted by atomic mass is 9.70. The summed E-state index contributed by atoms with van der Waals surface area (Å²) in [6.45, 7) is 4.63. The van der Waals surface area contributed by atoms with Crippen molar-refractivity contribution < 1.29 is 14.8 Å². The topological polar surface area (TPSA) is 49.7 Å². The molecule has 9 rings (SSSR count). The lowest BCUT2D eigenvalue weighted by Crippen LogP contribution is -2.26. The van der Waals surface area contributed by atoms with Gasteiger partial charge in [-0.15, -0.1) is 45.3 Å². The van der Waals surface area contributed by atoms with Crippen LogP contribution in [0.25, 0.3) is 72.0 Å². The second-order valence-electron chi connectivity index (χ2n) is 15.5. The van der Waals surface area contributed by atoms with Crippen molar-refractivity contribution in [3.63, 3.8) is 0 Å². The van der Waals surface area contributed by atoms with Crippen molar-refractivity contribution in [2.24, 2.45) is 0 Å². The van der Waals surface area contributed by atoms with Crippen LogP contribution >= 0.6 is 45.3 Å². The molecule has 0 spiro atoms. The summed E-state index contributed by atoms with van der Waals surface area (Å²) in [6, 6.07) is 36.6. The van der Waals surface area contributed by atoms with E-state index in [9.17, 15) is 10.0 Å². The van der Waals surface area contributed by atoms with Crippen molar-refractivity contribution in [2.75, 3.05) is 7.11 Å². The Morgan fingerprint density at radius 1 is 0.518 bits per heavy atom. The van der Waals surface area contributed by atoms with E-state index in [1.807, 2.05) is 52.2 Å². The molecule has 1 aliphatic rings. The minimum Gasteiger partial charge on any atom is -0.497 e. The van der Waals surface area contributed by atoms with Gasteiger partial charge in [0.05, 0.1) is 7.11 Å². The van der Waals surface area contributed by atoms with Gasteiger partial charge < -0.3 is 14.8 Å². The second kappa shape index (κ2) is 15.9. The quantitative estimate of drug-likeness (QED) is 0.0801. The molecule has 8 aromatic rings. The van der Waals surface area contributed by atoms with Gasteiger partial charge in [0.1, 0.15) is 5.75 Å². The van der Waals surface area contributed by atoms with E-state index in [2.05, 4.69) is 92.7 Å². The van der Waals surface area contributed by atoms with Crippen LogP contribution in [0.3, 0.4) is 0 Å². The molecule has 0 aliphatic heterocycles. The Morgan fingerprint density at radius 2 is 1.02 bits per heavy atom. The first-order valence-electron chi connectivity index (χ1n) is 20.2. The molecule has 284 valence electrons. The number of hydrogen-bond acceptors (Lipinski definition) is 7. The molecule has 0 unspecified atom stereocenters. The van der Waals surface area contributed by atoms with E-state index in [1.54, 1.807) is 7.11 Å². The van der Waals surface area contributed by atoms with Crippen LogP contribution in [0, 0.1) is 0 Å². The molecular formula is C48H47BO3S4. The van der Waals surface area contributed by atoms with Crippen LogP contribution < -0.4 is 9.51 Å². The average Bonchev–Trinajstić information content (AvgIpc) is 4.04. The summed E-state index contributed by atoms with van der Waals surface area (Å²) < 4.78 is 11.0. The van der Waals surface area contributed by atoms with Gasteiger partial charge in [0.15, 0.2) is 0 Å². The molecule has 0 bridgehead atoms. The maximum atomic E-state index is 9.77. The van der Waals surface area contributed by atoms with Crippen molar-refractivity contribution in [1.29, 1.82) is 0 Å². The summed E-state index contributed by atoms with van der Waals surface area (Å²) in [5.41, 5.74) is 9.73. The SMILES string of the molecule is CCCCCCC1(CCCCCC)c2cc(-c3cc4cc5sc(B(O)O)cc5cc4s3)ccc2-c2ccc(-c3cc4sc(-c5ccc(OC)cc5)cc4s3)cc21. The Labute approximate surface area is 346 Å². The van der Waals surface area contributed by atoms with Gasteiger partial charge in [-0.05, 0) is 135 Å². The number of fused-ring (bicyclic) bond motifs is 6. The van der Waals surface area contributed by atoms with Crippen molar-refractivity contribution >= 4 is 86.8 Å². The molecule has 3 nitrogen and oxygen atoms in total. The third kappa shape index (κ3) is 6.97. The maximum absolute atomic E-state index is 9.77. The van der Waals surface area contributed by atoms with E-state index in [4.69, 9.17) is 4.74 Å². The number of benzene rings is 4. The van der Waals surface area contributed by atoms with E-state index >= 15 is 0 Å². The van der Waals surface area contributed by atoms with Gasteiger partial charge in [0, 0.05) is 43.6 Å². The zero-order valence-electron chi connectivity index (χ0n) is 32.3. The highest BCUT2D eigenvalue weighted by atomic mass is 32.1. The number of thiophene rings is 4. The molecule has 56 heavy (non-hydrogen) atoms. The molecule has 4 heterocycles. The van der Waals surface area contributed by atoms with E-state index < -0.39 is 7.12 Å². The van der Waals surface area contributed by atoms with Crippen LogP contribution in [0.1, 0.15) is 89.2 Å². The Morgan fingerprint density at radius 3 is 1.57 bits per heavy atom. The van der Waals surface area contributed by atoms with Crippen molar-refractivity contribution in [2.45, 2.75) is 83.5 Å². The third-order valence-electron chi connectivity index (χ3n) is 11.9. The predicted molar refractivity (Wildman–Crippen MR) is 247 cm³/mol. The van der Waals surface area contributed by atoms with E-state index in [0.29, 0.717) is 4.78 Å². The number of unbranched alkanes of at least 4 members (excludes halogenated alkanes) is 6. The predicted octanol–water partition coefficient (Wildman–Crippen LogP) is 14.3. The zero-order valence-corrected chi connectivity index (χ0v) is 35.6. The Bertz CT molecular complexity index is 2560. The van der Waals surface area contributed by atoms with Crippen LogP contribution in [0.4, 0.5) is 0 Å². The number of ether oxygens (including phenoxy) is 1. The lowest BCUT2D eigenvalue weighted by molar-refractivity contribution is 0.401. The van der Waals surface area contributed by atoms with E-state index in [-0.39, 0.29) is 5.41 Å². The largest absolute Gasteiger partial charge is 0.499 e. The molecule has 0 amide bonds. The van der Waals surface area contributed by atoms with Gasteiger partial charge in [0.2, 0.25) is 0 Å². The standard InChI is InChI=1S/C48H47BO3S4/c1-4-6-8-10-20-48(21-11-9-7-5-2)38-22-31(40-24-33-25-42-34(26-41(33)53-40)27-47(56-42)49(50)51)14-18-36(38)37-19-15-32(23-39(37)48)44-29-46-45(55-44)28-43(54-46)30-12-16-35(52-3)17-13-30/h12-19,22-29,50-51H,4-11,20-21H2,1-3H3. The highest BCUT2D eigenvalue weighted by molar-refractivity contribution is 7.31. The molecule has 0 radical (unpaired) electrons. The van der Waals surface area contributed by atoms with Gasteiger partial charge in [0.25, 0.3) is 0 Å². The van der Waals surface area contributed by atoms with Crippen LogP contribution in [-0.4, -0.2) is 24.3 Å². The number of hydrogen-bond donors (Lipinski definition) is 2. The van der Waals surface area contributed by atoms with Crippen LogP contribution in [-0.2, 0) is 5.41 Å². The lowest BCUT2D eigenvalue weighted by Gasteiger charge is -2.33. The first-order valence-corrected chi connectivity index (χ1v) is 23.4. The summed E-state index contributed by atoms with van der Waals surface area (Å²) in [7, 11) is 0.284. The molecule has 4 aromatic heterocycles. The van der Waals surface area contributed by atoms with E-state index in [1.165, 1.54) is 149 Å². The van der Waals surface area contributed by atoms with Crippen molar-refractivity contribution in [1.82, 2.24) is 0 Å². The maximum Gasteiger partial charge on any atom is 0.499 e. The molecule has 0 fully saturated rings. The summed E-state index contributed by atoms with van der Waals surface area (Å²) in [5.74, 6) is 0.887. The van der Waals surface area contributed by atoms with Gasteiger partial charge in [-0.25, -0.2) is 0 Å². The monoisotopic (exact) mass is 810 g/mol. The smallest absolute Gasteiger partial charge is 0.497 e. The Kier molecular flexibility index (Phi) is 10.7. The second-order valence-corrected chi connectivity index (χ2v) is 19.8. The van der Waals surface area contributed by atoms with Gasteiger partial charge in [-0.1, -0.05) is 89.5 Å². The zero-order chi connectivity index (χ0) is 38.4. The van der Waals surface area contributed by atoms with Gasteiger partial charge in [-0.3, -0.25) is 0 Å². The molecule has 0 saturated heterocycles. The van der Waals surface area contributed by atoms with E-state index in [0.717, 1.165) is 15.8 Å². The summed E-state index contributed by atoms with van der Waals surface area (Å²) >= 11 is 7.10. The molecule has 0 saturated carbocycles. The van der Waals surface area contributed by atoms with Gasteiger partial charge in [-0.2, -0.15) is 0 Å². The van der Waals surface area contributed by atoms with Crippen LogP contribution in [0.15, 0.2) is 97.1 Å². The Hall–Kier alpha value is -3.76. The minimum atomic E-state index is -1.43. The molecule has 0 atom stereocenters. The molecule has 1 aliphatic carbocycles. The Balaban J connectivity index is 1.11. The molecular weight excluding hydrogens is 764 g/mol. The highest BCUT2D eigenvalue weighted by Gasteiger charge is 2.42.